The Kier molecular flexibility index (Phi) is 3.37. The van der Waals surface area contributed by atoms with Crippen LogP contribution in [-0.2, 0) is 4.79 Å². The van der Waals surface area contributed by atoms with Crippen LogP contribution in [0.5, 0.6) is 0 Å². The third-order valence-electron chi connectivity index (χ3n) is 2.65. The molecule has 17 heavy (non-hydrogen) atoms. The molecule has 1 N–H and O–H groups in total. The van der Waals surface area contributed by atoms with E-state index in [4.69, 9.17) is 0 Å². The van der Waals surface area contributed by atoms with Crippen LogP contribution in [0.1, 0.15) is 16.8 Å². The van der Waals surface area contributed by atoms with Crippen LogP contribution in [0, 0.1) is 5.82 Å². The topological polar surface area (TPSA) is 49.4 Å². The number of amides is 2. The molecule has 1 aromatic carbocycles. The van der Waals surface area contributed by atoms with Gasteiger partial charge in [-0.05, 0) is 18.6 Å². The van der Waals surface area contributed by atoms with E-state index in [1.807, 2.05) is 0 Å². The van der Waals surface area contributed by atoms with Crippen LogP contribution in [0.4, 0.5) is 4.39 Å². The summed E-state index contributed by atoms with van der Waals surface area (Å²) >= 11 is 0. The number of rotatable bonds is 1. The highest BCUT2D eigenvalue weighted by Gasteiger charge is 2.22. The van der Waals surface area contributed by atoms with Crippen LogP contribution >= 0.6 is 0 Å². The summed E-state index contributed by atoms with van der Waals surface area (Å²) in [7, 11) is 0. The Morgan fingerprint density at radius 1 is 1.35 bits per heavy atom. The second kappa shape index (κ2) is 4.95. The van der Waals surface area contributed by atoms with Crippen molar-refractivity contribution >= 4 is 11.8 Å². The Bertz CT molecular complexity index is 448. The minimum Gasteiger partial charge on any atom is -0.354 e. The maximum absolute atomic E-state index is 13.4. The number of nitrogens with zero attached hydrogens (tertiary/aromatic N) is 1. The summed E-state index contributed by atoms with van der Waals surface area (Å²) in [6.45, 7) is 1.01. The summed E-state index contributed by atoms with van der Waals surface area (Å²) < 4.78 is 13.4. The smallest absolute Gasteiger partial charge is 0.257 e. The van der Waals surface area contributed by atoms with E-state index in [0.717, 1.165) is 0 Å². The number of benzene rings is 1. The van der Waals surface area contributed by atoms with Crippen molar-refractivity contribution in [1.29, 1.82) is 0 Å². The van der Waals surface area contributed by atoms with Gasteiger partial charge in [-0.2, -0.15) is 0 Å². The van der Waals surface area contributed by atoms with Crippen molar-refractivity contribution in [3.63, 3.8) is 0 Å². The lowest BCUT2D eigenvalue weighted by molar-refractivity contribution is -0.121. The third kappa shape index (κ3) is 2.61. The number of hydrogen-bond donors (Lipinski definition) is 1. The van der Waals surface area contributed by atoms with Crippen LogP contribution in [0.3, 0.4) is 0 Å². The first kappa shape index (κ1) is 11.6. The van der Waals surface area contributed by atoms with Crippen LogP contribution in [-0.4, -0.2) is 36.3 Å². The molecule has 0 spiro atoms. The summed E-state index contributed by atoms with van der Waals surface area (Å²) in [6, 6.07) is 5.81. The largest absolute Gasteiger partial charge is 0.354 e. The molecule has 1 aliphatic heterocycles. The number of halogens is 1. The maximum Gasteiger partial charge on any atom is 0.257 e. The Morgan fingerprint density at radius 3 is 2.88 bits per heavy atom. The van der Waals surface area contributed by atoms with Gasteiger partial charge in [0.15, 0.2) is 0 Å². The first-order valence-electron chi connectivity index (χ1n) is 5.49. The number of carbonyl (C=O) groups is 2. The van der Waals surface area contributed by atoms with Crippen molar-refractivity contribution in [3.05, 3.63) is 35.6 Å². The lowest BCUT2D eigenvalue weighted by Crippen LogP contribution is -2.37. The summed E-state index contributed by atoms with van der Waals surface area (Å²) in [5.74, 6) is -1.19. The zero-order chi connectivity index (χ0) is 12.3. The van der Waals surface area contributed by atoms with Crippen molar-refractivity contribution in [1.82, 2.24) is 10.2 Å². The van der Waals surface area contributed by atoms with E-state index in [-0.39, 0.29) is 18.0 Å². The predicted octanol–water partition coefficient (Wildman–Crippen LogP) is 0.788. The fraction of sp³-hybridized carbons (Fsp3) is 0.333. The number of carbonyl (C=O) groups excluding carboxylic acids is 2. The molecule has 1 saturated heterocycles. The molecule has 1 aromatic rings. The Balaban J connectivity index is 2.19. The normalized spacial score (nSPS) is 16.3. The van der Waals surface area contributed by atoms with Crippen molar-refractivity contribution < 1.29 is 14.0 Å². The first-order chi connectivity index (χ1) is 8.18. The molecule has 0 unspecified atom stereocenters. The van der Waals surface area contributed by atoms with E-state index >= 15 is 0 Å². The van der Waals surface area contributed by atoms with Gasteiger partial charge in [0.05, 0.1) is 12.1 Å². The molecule has 0 bridgehead atoms. The lowest BCUT2D eigenvalue weighted by Gasteiger charge is -2.19. The van der Waals surface area contributed by atoms with Crippen molar-refractivity contribution in [2.45, 2.75) is 6.42 Å². The predicted molar refractivity (Wildman–Crippen MR) is 59.9 cm³/mol. The highest BCUT2D eigenvalue weighted by molar-refractivity contribution is 5.96. The van der Waals surface area contributed by atoms with E-state index < -0.39 is 11.7 Å². The fourth-order valence-electron chi connectivity index (χ4n) is 1.78. The molecule has 1 heterocycles. The molecule has 90 valence electrons. The van der Waals surface area contributed by atoms with Crippen LogP contribution in [0.2, 0.25) is 0 Å². The molecular weight excluding hydrogens is 223 g/mol. The fourth-order valence-corrected chi connectivity index (χ4v) is 1.78. The van der Waals surface area contributed by atoms with E-state index in [1.165, 1.54) is 23.1 Å². The molecule has 2 rings (SSSR count). The SMILES string of the molecule is O=C1CN(C(=O)c2ccccc2F)CCCN1. The van der Waals surface area contributed by atoms with Crippen molar-refractivity contribution in [3.8, 4) is 0 Å². The first-order valence-corrected chi connectivity index (χ1v) is 5.49. The molecule has 2 amide bonds. The highest BCUT2D eigenvalue weighted by Crippen LogP contribution is 2.11. The molecule has 5 heteroatoms. The molecule has 4 nitrogen and oxygen atoms in total. The quantitative estimate of drug-likeness (QED) is 0.783. The van der Waals surface area contributed by atoms with Gasteiger partial charge in [-0.15, -0.1) is 0 Å². The van der Waals surface area contributed by atoms with Gasteiger partial charge in [-0.1, -0.05) is 12.1 Å². The van der Waals surface area contributed by atoms with E-state index in [9.17, 15) is 14.0 Å². The van der Waals surface area contributed by atoms with Crippen LogP contribution in [0.15, 0.2) is 24.3 Å². The van der Waals surface area contributed by atoms with E-state index in [0.29, 0.717) is 19.5 Å². The van der Waals surface area contributed by atoms with Crippen molar-refractivity contribution in [2.24, 2.45) is 0 Å². The minimum atomic E-state index is -0.554. The van der Waals surface area contributed by atoms with Crippen LogP contribution < -0.4 is 5.32 Å². The van der Waals surface area contributed by atoms with Gasteiger partial charge in [0.2, 0.25) is 5.91 Å². The van der Waals surface area contributed by atoms with E-state index in [1.54, 1.807) is 6.07 Å². The van der Waals surface area contributed by atoms with Crippen molar-refractivity contribution in [2.75, 3.05) is 19.6 Å². The van der Waals surface area contributed by atoms with Gasteiger partial charge in [0, 0.05) is 13.1 Å². The highest BCUT2D eigenvalue weighted by atomic mass is 19.1. The molecular formula is C12H13FN2O2. The molecule has 0 aliphatic carbocycles. The Labute approximate surface area is 98.4 Å². The summed E-state index contributed by atoms with van der Waals surface area (Å²) in [5, 5.41) is 2.67. The second-order valence-corrected chi connectivity index (χ2v) is 3.91. The summed E-state index contributed by atoms with van der Waals surface area (Å²) in [4.78, 5) is 24.7. The van der Waals surface area contributed by atoms with E-state index in [2.05, 4.69) is 5.32 Å². The van der Waals surface area contributed by atoms with Gasteiger partial charge in [-0.25, -0.2) is 4.39 Å². The molecule has 1 aliphatic rings. The zero-order valence-electron chi connectivity index (χ0n) is 9.28. The minimum absolute atomic E-state index is 0.00678. The Hall–Kier alpha value is -1.91. The molecule has 0 saturated carbocycles. The third-order valence-corrected chi connectivity index (χ3v) is 2.65. The second-order valence-electron chi connectivity index (χ2n) is 3.91. The monoisotopic (exact) mass is 236 g/mol. The maximum atomic E-state index is 13.4. The summed E-state index contributed by atoms with van der Waals surface area (Å²) in [5.41, 5.74) is 0.0159. The van der Waals surface area contributed by atoms with Gasteiger partial charge in [0.25, 0.3) is 5.91 Å². The van der Waals surface area contributed by atoms with Gasteiger partial charge < -0.3 is 10.2 Å². The lowest BCUT2D eigenvalue weighted by atomic mass is 10.2. The molecule has 1 fully saturated rings. The zero-order valence-corrected chi connectivity index (χ0v) is 9.28. The standard InChI is InChI=1S/C12H13FN2O2/c13-10-5-2-1-4-9(10)12(17)15-7-3-6-14-11(16)8-15/h1-2,4-5H,3,6-8H2,(H,14,16). The number of nitrogens with one attached hydrogen (secondary N) is 1. The average Bonchev–Trinajstić information content (AvgIpc) is 2.54. The van der Waals surface area contributed by atoms with Crippen LogP contribution in [0.25, 0.3) is 0 Å². The van der Waals surface area contributed by atoms with Gasteiger partial charge in [-0.3, -0.25) is 9.59 Å². The Morgan fingerprint density at radius 2 is 2.12 bits per heavy atom. The average molecular weight is 236 g/mol. The molecule has 0 radical (unpaired) electrons. The number of hydrogen-bond acceptors (Lipinski definition) is 2. The van der Waals surface area contributed by atoms with Gasteiger partial charge >= 0.3 is 0 Å². The molecule has 0 atom stereocenters. The van der Waals surface area contributed by atoms with Gasteiger partial charge in [0.1, 0.15) is 5.82 Å². The summed E-state index contributed by atoms with van der Waals surface area (Å²) in [6.07, 6.45) is 0.686. The molecule has 0 aromatic heterocycles.